The lowest BCUT2D eigenvalue weighted by Gasteiger charge is -2.33. The number of rotatable bonds is 5. The van der Waals surface area contributed by atoms with Crippen LogP contribution in [0.25, 0.3) is 10.4 Å². The van der Waals surface area contributed by atoms with Crippen molar-refractivity contribution in [3.8, 4) is 0 Å². The maximum Gasteiger partial charge on any atom is 0.164 e. The molecule has 0 aromatic heterocycles. The molecule has 0 bridgehead atoms. The Morgan fingerprint density at radius 2 is 2.13 bits per heavy atom. The summed E-state index contributed by atoms with van der Waals surface area (Å²) < 4.78 is 18.4. The smallest absolute Gasteiger partial charge is 0.164 e. The zero-order valence-corrected chi connectivity index (χ0v) is 15.3. The van der Waals surface area contributed by atoms with Gasteiger partial charge >= 0.3 is 0 Å². The van der Waals surface area contributed by atoms with Gasteiger partial charge in [-0.3, -0.25) is 0 Å². The molecule has 6 nitrogen and oxygen atoms in total. The van der Waals surface area contributed by atoms with E-state index in [2.05, 4.69) is 32.6 Å². The van der Waals surface area contributed by atoms with Crippen molar-refractivity contribution >= 4 is 22.6 Å². The van der Waals surface area contributed by atoms with Gasteiger partial charge in [-0.05, 0) is 31.4 Å². The van der Waals surface area contributed by atoms with E-state index >= 15 is 0 Å². The molecule has 4 atom stereocenters. The maximum atomic E-state index is 8.93. The molecule has 1 aliphatic heterocycles. The number of hydrogen-bond donors (Lipinski definition) is 0. The number of halogens is 1. The second-order valence-electron chi connectivity index (χ2n) is 6.44. The van der Waals surface area contributed by atoms with E-state index < -0.39 is 11.4 Å². The van der Waals surface area contributed by atoms with Crippen LogP contribution in [0.5, 0.6) is 0 Å². The van der Waals surface area contributed by atoms with Gasteiger partial charge in [-0.1, -0.05) is 58.0 Å². The molecule has 1 heterocycles. The number of ether oxygens (including phenoxy) is 3. The number of fused-ring (bicyclic) bond motifs is 1. The van der Waals surface area contributed by atoms with Crippen LogP contribution >= 0.6 is 22.6 Å². The molecular weight excluding hydrogens is 409 g/mol. The standard InChI is InChI=1S/C16H20IN3O3/c1-15(2)22-13-8-12(17)14(19-20-18)16(13,23-15)10-21-9-11-6-4-3-5-7-11/h3-7,12-14H,8-10H2,1-2H3/t12-,13-,14-,16-/m0/s1. The molecule has 124 valence electrons. The van der Waals surface area contributed by atoms with Crippen LogP contribution in [0.15, 0.2) is 35.4 Å². The first kappa shape index (κ1) is 17.0. The van der Waals surface area contributed by atoms with Gasteiger partial charge in [-0.2, -0.15) is 0 Å². The quantitative estimate of drug-likeness (QED) is 0.234. The Balaban J connectivity index is 1.77. The molecule has 1 saturated carbocycles. The van der Waals surface area contributed by atoms with Gasteiger partial charge in [0.25, 0.3) is 0 Å². The van der Waals surface area contributed by atoms with Crippen molar-refractivity contribution in [3.63, 3.8) is 0 Å². The Bertz CT molecular complexity index is 606. The summed E-state index contributed by atoms with van der Waals surface area (Å²) >= 11 is 2.31. The van der Waals surface area contributed by atoms with E-state index in [1.807, 2.05) is 44.2 Å². The topological polar surface area (TPSA) is 76.5 Å². The van der Waals surface area contributed by atoms with Crippen LogP contribution in [0.2, 0.25) is 0 Å². The summed E-state index contributed by atoms with van der Waals surface area (Å²) in [6.45, 7) is 4.62. The summed E-state index contributed by atoms with van der Waals surface area (Å²) in [7, 11) is 0. The number of hydrogen-bond acceptors (Lipinski definition) is 4. The average Bonchev–Trinajstić information content (AvgIpc) is 2.88. The second kappa shape index (κ2) is 6.57. The number of benzene rings is 1. The van der Waals surface area contributed by atoms with Crippen LogP contribution in [0.3, 0.4) is 0 Å². The molecule has 23 heavy (non-hydrogen) atoms. The molecular formula is C16H20IN3O3. The van der Waals surface area contributed by atoms with E-state index in [0.29, 0.717) is 13.2 Å². The average molecular weight is 429 g/mol. The van der Waals surface area contributed by atoms with Crippen LogP contribution in [-0.4, -0.2) is 34.1 Å². The monoisotopic (exact) mass is 429 g/mol. The minimum Gasteiger partial charge on any atom is -0.374 e. The molecule has 0 N–H and O–H groups in total. The molecule has 3 rings (SSSR count). The Morgan fingerprint density at radius 3 is 2.83 bits per heavy atom. The third-order valence-electron chi connectivity index (χ3n) is 4.30. The summed E-state index contributed by atoms with van der Waals surface area (Å²) in [6, 6.07) is 9.69. The molecule has 7 heteroatoms. The van der Waals surface area contributed by atoms with E-state index in [4.69, 9.17) is 19.7 Å². The predicted molar refractivity (Wildman–Crippen MR) is 94.2 cm³/mol. The molecule has 2 aliphatic rings. The molecule has 1 aromatic carbocycles. The van der Waals surface area contributed by atoms with E-state index in [0.717, 1.165) is 12.0 Å². The number of nitrogens with zero attached hydrogens (tertiary/aromatic N) is 3. The largest absolute Gasteiger partial charge is 0.374 e. The third-order valence-corrected chi connectivity index (χ3v) is 5.49. The van der Waals surface area contributed by atoms with Crippen molar-refractivity contribution in [2.45, 2.75) is 54.3 Å². The van der Waals surface area contributed by atoms with E-state index in [1.54, 1.807) is 0 Å². The highest BCUT2D eigenvalue weighted by Gasteiger charge is 2.63. The molecule has 0 amide bonds. The molecule has 1 saturated heterocycles. The lowest BCUT2D eigenvalue weighted by atomic mass is 9.97. The molecule has 0 spiro atoms. The van der Waals surface area contributed by atoms with Crippen molar-refractivity contribution in [2.75, 3.05) is 6.61 Å². The fourth-order valence-electron chi connectivity index (χ4n) is 3.46. The summed E-state index contributed by atoms with van der Waals surface area (Å²) in [6.07, 6.45) is 0.674. The van der Waals surface area contributed by atoms with Gasteiger partial charge < -0.3 is 14.2 Å². The normalized spacial score (nSPS) is 34.8. The Kier molecular flexibility index (Phi) is 4.85. The van der Waals surface area contributed by atoms with Gasteiger partial charge in [-0.25, -0.2) is 0 Å². The zero-order chi connectivity index (χ0) is 16.5. The lowest BCUT2D eigenvalue weighted by Crippen LogP contribution is -2.50. The summed E-state index contributed by atoms with van der Waals surface area (Å²) in [5.74, 6) is -0.694. The molecule has 1 aromatic rings. The number of azide groups is 1. The minimum absolute atomic E-state index is 0.120. The molecule has 0 unspecified atom stereocenters. The van der Waals surface area contributed by atoms with Crippen molar-refractivity contribution in [3.05, 3.63) is 46.3 Å². The summed E-state index contributed by atoms with van der Waals surface area (Å²) in [4.78, 5) is 3.02. The van der Waals surface area contributed by atoms with Gasteiger partial charge in [0, 0.05) is 8.84 Å². The molecule has 0 radical (unpaired) electrons. The SMILES string of the molecule is CC1(C)O[C@H]2C[C@H](I)[C@H](N=[N+]=[N-])[C@@]2(COCc2ccccc2)O1. The van der Waals surface area contributed by atoms with Crippen molar-refractivity contribution in [1.29, 1.82) is 0 Å². The van der Waals surface area contributed by atoms with Crippen molar-refractivity contribution in [1.82, 2.24) is 0 Å². The highest BCUT2D eigenvalue weighted by atomic mass is 127. The first-order valence-corrected chi connectivity index (χ1v) is 8.89. The fourth-order valence-corrected chi connectivity index (χ4v) is 4.68. The Hall–Kier alpha value is -0.860. The molecule has 2 fully saturated rings. The third kappa shape index (κ3) is 3.34. The number of alkyl halides is 1. The van der Waals surface area contributed by atoms with Crippen molar-refractivity contribution in [2.24, 2.45) is 5.11 Å². The predicted octanol–water partition coefficient (Wildman–Crippen LogP) is 3.98. The zero-order valence-electron chi connectivity index (χ0n) is 13.2. The van der Waals surface area contributed by atoms with E-state index in [-0.39, 0.29) is 16.1 Å². The highest BCUT2D eigenvalue weighted by Crippen LogP contribution is 2.50. The Morgan fingerprint density at radius 1 is 1.39 bits per heavy atom. The Labute approximate surface area is 149 Å². The first-order chi connectivity index (χ1) is 11.0. The van der Waals surface area contributed by atoms with E-state index in [1.165, 1.54) is 0 Å². The van der Waals surface area contributed by atoms with Crippen LogP contribution in [0, 0.1) is 0 Å². The van der Waals surface area contributed by atoms with Gasteiger partial charge in [0.1, 0.15) is 5.60 Å². The van der Waals surface area contributed by atoms with Gasteiger partial charge in [0.2, 0.25) is 0 Å². The summed E-state index contributed by atoms with van der Waals surface area (Å²) in [5, 5.41) is 4.00. The maximum absolute atomic E-state index is 8.93. The molecule has 1 aliphatic carbocycles. The lowest BCUT2D eigenvalue weighted by molar-refractivity contribution is -0.181. The summed E-state index contributed by atoms with van der Waals surface area (Å²) in [5.41, 5.74) is 9.32. The van der Waals surface area contributed by atoms with Gasteiger partial charge in [0.05, 0.1) is 25.4 Å². The van der Waals surface area contributed by atoms with Gasteiger partial charge in [-0.15, -0.1) is 0 Å². The van der Waals surface area contributed by atoms with Crippen LogP contribution in [0.4, 0.5) is 0 Å². The van der Waals surface area contributed by atoms with Crippen LogP contribution < -0.4 is 0 Å². The first-order valence-electron chi connectivity index (χ1n) is 7.65. The van der Waals surface area contributed by atoms with Crippen molar-refractivity contribution < 1.29 is 14.2 Å². The van der Waals surface area contributed by atoms with Crippen LogP contribution in [-0.2, 0) is 20.8 Å². The second-order valence-corrected chi connectivity index (χ2v) is 8.04. The highest BCUT2D eigenvalue weighted by molar-refractivity contribution is 14.1. The fraction of sp³-hybridized carbons (Fsp3) is 0.625. The van der Waals surface area contributed by atoms with Crippen LogP contribution in [0.1, 0.15) is 25.8 Å². The van der Waals surface area contributed by atoms with Gasteiger partial charge in [0.15, 0.2) is 5.79 Å². The minimum atomic E-state index is -0.712. The van der Waals surface area contributed by atoms with E-state index in [9.17, 15) is 0 Å².